The number of ether oxygens (including phenoxy) is 1. The van der Waals surface area contributed by atoms with Crippen molar-refractivity contribution in [2.24, 2.45) is 5.73 Å². The van der Waals surface area contributed by atoms with Gasteiger partial charge in [-0.3, -0.25) is 0 Å². The highest BCUT2D eigenvalue weighted by molar-refractivity contribution is 7.98. The molecule has 0 atom stereocenters. The molecule has 2 N–H and O–H groups in total. The smallest absolute Gasteiger partial charge is 0.125 e. The van der Waals surface area contributed by atoms with Gasteiger partial charge >= 0.3 is 0 Å². The van der Waals surface area contributed by atoms with Gasteiger partial charge in [0.25, 0.3) is 0 Å². The zero-order valence-corrected chi connectivity index (χ0v) is 11.2. The van der Waals surface area contributed by atoms with Crippen LogP contribution in [0.25, 0.3) is 0 Å². The second-order valence-corrected chi connectivity index (χ2v) is 4.94. The predicted octanol–water partition coefficient (Wildman–Crippen LogP) is 2.89. The molecule has 0 saturated carbocycles. The maximum atomic E-state index is 5.81. The summed E-state index contributed by atoms with van der Waals surface area (Å²) in [6, 6.07) is 4.22. The van der Waals surface area contributed by atoms with Crippen molar-refractivity contribution >= 4 is 11.8 Å². The van der Waals surface area contributed by atoms with Crippen LogP contribution in [0.4, 0.5) is 0 Å². The van der Waals surface area contributed by atoms with E-state index in [9.17, 15) is 0 Å². The van der Waals surface area contributed by atoms with Gasteiger partial charge in [0.1, 0.15) is 5.75 Å². The van der Waals surface area contributed by atoms with Gasteiger partial charge in [0.15, 0.2) is 0 Å². The van der Waals surface area contributed by atoms with Gasteiger partial charge in [-0.1, -0.05) is 12.1 Å². The van der Waals surface area contributed by atoms with Crippen LogP contribution in [-0.4, -0.2) is 18.6 Å². The third-order valence-corrected chi connectivity index (χ3v) is 3.19. The Morgan fingerprint density at radius 1 is 1.25 bits per heavy atom. The summed E-state index contributed by atoms with van der Waals surface area (Å²) in [6.45, 7) is 5.55. The summed E-state index contributed by atoms with van der Waals surface area (Å²) in [7, 11) is 0. The minimum Gasteiger partial charge on any atom is -0.493 e. The summed E-state index contributed by atoms with van der Waals surface area (Å²) in [6.07, 6.45) is 3.21. The van der Waals surface area contributed by atoms with Crippen LogP contribution in [0.2, 0.25) is 0 Å². The van der Waals surface area contributed by atoms with Crippen LogP contribution in [0.5, 0.6) is 5.75 Å². The van der Waals surface area contributed by atoms with E-state index in [1.54, 1.807) is 0 Å². The molecule has 0 saturated heterocycles. The van der Waals surface area contributed by atoms with E-state index in [-0.39, 0.29) is 0 Å². The molecule has 2 nitrogen and oxygen atoms in total. The van der Waals surface area contributed by atoms with Gasteiger partial charge in [-0.25, -0.2) is 0 Å². The number of nitrogens with two attached hydrogens (primary N) is 1. The van der Waals surface area contributed by atoms with Crippen molar-refractivity contribution in [3.8, 4) is 5.75 Å². The summed E-state index contributed by atoms with van der Waals surface area (Å²) < 4.78 is 5.81. The molecule has 0 aromatic heterocycles. The van der Waals surface area contributed by atoms with Crippen LogP contribution in [0.15, 0.2) is 12.1 Å². The van der Waals surface area contributed by atoms with E-state index in [2.05, 4.69) is 32.2 Å². The van der Waals surface area contributed by atoms with Crippen molar-refractivity contribution in [2.75, 3.05) is 18.6 Å². The van der Waals surface area contributed by atoms with Gasteiger partial charge in [0, 0.05) is 6.54 Å². The van der Waals surface area contributed by atoms with Gasteiger partial charge in [-0.15, -0.1) is 0 Å². The molecule has 1 aromatic rings. The van der Waals surface area contributed by atoms with Crippen LogP contribution in [0, 0.1) is 13.8 Å². The van der Waals surface area contributed by atoms with E-state index in [1.807, 2.05) is 11.8 Å². The van der Waals surface area contributed by atoms with Crippen molar-refractivity contribution in [1.82, 2.24) is 0 Å². The van der Waals surface area contributed by atoms with E-state index in [4.69, 9.17) is 10.5 Å². The zero-order valence-electron chi connectivity index (χ0n) is 10.4. The van der Waals surface area contributed by atoms with Crippen LogP contribution in [-0.2, 0) is 6.54 Å². The monoisotopic (exact) mass is 239 g/mol. The first-order chi connectivity index (χ1) is 7.69. The number of hydrogen-bond donors (Lipinski definition) is 1. The van der Waals surface area contributed by atoms with Gasteiger partial charge in [0.2, 0.25) is 0 Å². The number of hydrogen-bond acceptors (Lipinski definition) is 3. The quantitative estimate of drug-likeness (QED) is 0.775. The van der Waals surface area contributed by atoms with Crippen LogP contribution in [0.1, 0.15) is 23.1 Å². The third kappa shape index (κ3) is 3.72. The summed E-state index contributed by atoms with van der Waals surface area (Å²) >= 11 is 1.85. The van der Waals surface area contributed by atoms with E-state index in [0.717, 1.165) is 24.5 Å². The maximum absolute atomic E-state index is 5.81. The summed E-state index contributed by atoms with van der Waals surface area (Å²) in [4.78, 5) is 0. The maximum Gasteiger partial charge on any atom is 0.125 e. The third-order valence-electron chi connectivity index (χ3n) is 2.50. The van der Waals surface area contributed by atoms with E-state index in [0.29, 0.717) is 6.54 Å². The molecule has 0 unspecified atom stereocenters. The predicted molar refractivity (Wildman–Crippen MR) is 72.3 cm³/mol. The lowest BCUT2D eigenvalue weighted by Gasteiger charge is -2.13. The first kappa shape index (κ1) is 13.4. The average molecular weight is 239 g/mol. The molecule has 16 heavy (non-hydrogen) atoms. The lowest BCUT2D eigenvalue weighted by molar-refractivity contribution is 0.314. The molecule has 0 amide bonds. The number of aryl methyl sites for hydroxylation is 2. The molecule has 1 rings (SSSR count). The van der Waals surface area contributed by atoms with Gasteiger partial charge in [-0.05, 0) is 49.0 Å². The van der Waals surface area contributed by atoms with Crippen molar-refractivity contribution in [3.05, 3.63) is 28.8 Å². The molecule has 0 aliphatic rings. The summed E-state index contributed by atoms with van der Waals surface area (Å²) in [5.41, 5.74) is 9.18. The van der Waals surface area contributed by atoms with Crippen molar-refractivity contribution in [1.29, 1.82) is 0 Å². The Morgan fingerprint density at radius 3 is 2.38 bits per heavy atom. The molecule has 0 heterocycles. The molecular weight excluding hydrogens is 218 g/mol. The first-order valence-electron chi connectivity index (χ1n) is 5.61. The Kier molecular flexibility index (Phi) is 5.71. The Labute approximate surface area is 103 Å². The molecule has 0 bridgehead atoms. The fraction of sp³-hybridized carbons (Fsp3) is 0.538. The molecule has 3 heteroatoms. The number of rotatable bonds is 6. The molecule has 0 spiro atoms. The van der Waals surface area contributed by atoms with Gasteiger partial charge in [0.05, 0.1) is 6.61 Å². The normalized spacial score (nSPS) is 10.5. The first-order valence-corrected chi connectivity index (χ1v) is 7.00. The molecule has 0 radical (unpaired) electrons. The topological polar surface area (TPSA) is 35.2 Å². The van der Waals surface area contributed by atoms with Gasteiger partial charge in [-0.2, -0.15) is 11.8 Å². The number of thioether (sulfide) groups is 1. The second-order valence-electron chi connectivity index (χ2n) is 3.96. The van der Waals surface area contributed by atoms with Crippen LogP contribution >= 0.6 is 11.8 Å². The zero-order chi connectivity index (χ0) is 12.0. The lowest BCUT2D eigenvalue weighted by atomic mass is 10.1. The standard InChI is InChI=1S/C13H21NOS/c1-10-7-12(9-14)8-11(2)13(10)15-5-4-6-16-3/h7-8H,4-6,9,14H2,1-3H3. The Morgan fingerprint density at radius 2 is 1.88 bits per heavy atom. The second kappa shape index (κ2) is 6.81. The average Bonchev–Trinajstić information content (AvgIpc) is 2.26. The van der Waals surface area contributed by atoms with E-state index >= 15 is 0 Å². The molecule has 90 valence electrons. The summed E-state index contributed by atoms with van der Waals surface area (Å²) in [5, 5.41) is 0. The van der Waals surface area contributed by atoms with E-state index in [1.165, 1.54) is 16.7 Å². The SMILES string of the molecule is CSCCCOc1c(C)cc(CN)cc1C. The molecular formula is C13H21NOS. The fourth-order valence-corrected chi connectivity index (χ4v) is 2.17. The Bertz CT molecular complexity index is 316. The molecule has 0 aliphatic heterocycles. The summed E-state index contributed by atoms with van der Waals surface area (Å²) in [5.74, 6) is 2.18. The Hall–Kier alpha value is -0.670. The van der Waals surface area contributed by atoms with Crippen molar-refractivity contribution in [3.63, 3.8) is 0 Å². The van der Waals surface area contributed by atoms with Gasteiger partial charge < -0.3 is 10.5 Å². The largest absolute Gasteiger partial charge is 0.493 e. The van der Waals surface area contributed by atoms with E-state index < -0.39 is 0 Å². The minimum atomic E-state index is 0.592. The number of benzene rings is 1. The highest BCUT2D eigenvalue weighted by atomic mass is 32.2. The van der Waals surface area contributed by atoms with Crippen molar-refractivity contribution in [2.45, 2.75) is 26.8 Å². The molecule has 0 aliphatic carbocycles. The highest BCUT2D eigenvalue weighted by Crippen LogP contribution is 2.24. The minimum absolute atomic E-state index is 0.592. The van der Waals surface area contributed by atoms with Crippen LogP contribution < -0.4 is 10.5 Å². The highest BCUT2D eigenvalue weighted by Gasteiger charge is 2.05. The Balaban J connectivity index is 2.65. The van der Waals surface area contributed by atoms with Crippen molar-refractivity contribution < 1.29 is 4.74 Å². The fourth-order valence-electron chi connectivity index (χ4n) is 1.76. The lowest BCUT2D eigenvalue weighted by Crippen LogP contribution is -2.04. The molecule has 1 aromatic carbocycles. The molecule has 0 fully saturated rings. The van der Waals surface area contributed by atoms with Crippen LogP contribution in [0.3, 0.4) is 0 Å².